The number of ether oxygens (including phenoxy) is 1. The zero-order chi connectivity index (χ0) is 21.1. The highest BCUT2D eigenvalue weighted by molar-refractivity contribution is 14.0. The Morgan fingerprint density at radius 2 is 2.00 bits per heavy atom. The molecule has 0 atom stereocenters. The van der Waals surface area contributed by atoms with Gasteiger partial charge in [0.05, 0.1) is 29.6 Å². The number of hydrogen-bond acceptors (Lipinski definition) is 7. The van der Waals surface area contributed by atoms with Crippen LogP contribution in [0.4, 0.5) is 5.69 Å². The number of hydrogen-bond donors (Lipinski definition) is 3. The summed E-state index contributed by atoms with van der Waals surface area (Å²) >= 11 is 0. The van der Waals surface area contributed by atoms with Crippen LogP contribution >= 0.6 is 24.0 Å². The molecule has 1 saturated heterocycles. The van der Waals surface area contributed by atoms with Gasteiger partial charge in [0.1, 0.15) is 0 Å². The number of nitro groups is 1. The molecular formula is C17H29IN6O5S. The van der Waals surface area contributed by atoms with Gasteiger partial charge in [-0.15, -0.1) is 24.0 Å². The Labute approximate surface area is 193 Å². The lowest BCUT2D eigenvalue weighted by Crippen LogP contribution is -2.44. The molecule has 1 aliphatic heterocycles. The molecule has 0 bridgehead atoms. The Kier molecular flexibility index (Phi) is 12.1. The summed E-state index contributed by atoms with van der Waals surface area (Å²) in [7, 11) is -3.84. The van der Waals surface area contributed by atoms with Crippen molar-refractivity contribution in [2.75, 3.05) is 59.0 Å². The zero-order valence-corrected chi connectivity index (χ0v) is 20.0. The number of non-ortho nitro benzene ring substituents is 1. The van der Waals surface area contributed by atoms with Gasteiger partial charge in [0.15, 0.2) is 5.96 Å². The minimum absolute atomic E-state index is 0. The van der Waals surface area contributed by atoms with E-state index in [1.165, 1.54) is 18.2 Å². The Morgan fingerprint density at radius 3 is 2.67 bits per heavy atom. The van der Waals surface area contributed by atoms with Crippen molar-refractivity contribution in [3.05, 3.63) is 34.4 Å². The molecule has 3 N–H and O–H groups in total. The van der Waals surface area contributed by atoms with Crippen molar-refractivity contribution < 1.29 is 18.1 Å². The van der Waals surface area contributed by atoms with E-state index in [4.69, 9.17) is 4.74 Å². The molecule has 0 radical (unpaired) electrons. The molecule has 1 heterocycles. The first-order valence-corrected chi connectivity index (χ1v) is 11.0. The molecule has 1 fully saturated rings. The second-order valence-electron chi connectivity index (χ2n) is 6.29. The van der Waals surface area contributed by atoms with E-state index in [9.17, 15) is 18.5 Å². The SMILES string of the molecule is CCNC(=NCCNS(=O)(=O)c1cccc([N+](=O)[O-])c1)NCCN1CCOCC1.I. The fraction of sp³-hybridized carbons (Fsp3) is 0.588. The topological polar surface area (TPSA) is 138 Å². The third-order valence-corrected chi connectivity index (χ3v) is 5.64. The lowest BCUT2D eigenvalue weighted by atomic mass is 10.3. The van der Waals surface area contributed by atoms with Gasteiger partial charge < -0.3 is 15.4 Å². The summed E-state index contributed by atoms with van der Waals surface area (Å²) in [4.78, 5) is 16.7. The van der Waals surface area contributed by atoms with Crippen LogP contribution in [0.15, 0.2) is 34.2 Å². The van der Waals surface area contributed by atoms with Crippen molar-refractivity contribution in [3.8, 4) is 0 Å². The van der Waals surface area contributed by atoms with Crippen LogP contribution in [0.3, 0.4) is 0 Å². The van der Waals surface area contributed by atoms with Crippen LogP contribution in [0.1, 0.15) is 6.92 Å². The molecule has 0 unspecified atom stereocenters. The number of sulfonamides is 1. The van der Waals surface area contributed by atoms with E-state index in [0.717, 1.165) is 38.9 Å². The second kappa shape index (κ2) is 13.7. The Morgan fingerprint density at radius 1 is 1.27 bits per heavy atom. The number of rotatable bonds is 10. The molecule has 1 aromatic carbocycles. The summed E-state index contributed by atoms with van der Waals surface area (Å²) < 4.78 is 32.3. The maximum absolute atomic E-state index is 12.3. The van der Waals surface area contributed by atoms with Crippen LogP contribution in [-0.2, 0) is 14.8 Å². The van der Waals surface area contributed by atoms with Gasteiger partial charge in [-0.3, -0.25) is 20.0 Å². The molecule has 0 amide bonds. The smallest absolute Gasteiger partial charge is 0.270 e. The summed E-state index contributed by atoms with van der Waals surface area (Å²) in [5.41, 5.74) is -0.273. The largest absolute Gasteiger partial charge is 0.379 e. The van der Waals surface area contributed by atoms with E-state index >= 15 is 0 Å². The predicted molar refractivity (Wildman–Crippen MR) is 125 cm³/mol. The van der Waals surface area contributed by atoms with Gasteiger partial charge in [0.2, 0.25) is 10.0 Å². The quantitative estimate of drug-likeness (QED) is 0.0940. The van der Waals surface area contributed by atoms with Gasteiger partial charge in [0.25, 0.3) is 5.69 Å². The summed E-state index contributed by atoms with van der Waals surface area (Å²) in [6.45, 7) is 7.83. The molecule has 1 aliphatic rings. The summed E-state index contributed by atoms with van der Waals surface area (Å²) in [6.07, 6.45) is 0. The first-order chi connectivity index (χ1) is 13.9. The lowest BCUT2D eigenvalue weighted by Gasteiger charge is -2.26. The number of morpholine rings is 1. The number of aliphatic imine (C=N–C) groups is 1. The van der Waals surface area contributed by atoms with Gasteiger partial charge >= 0.3 is 0 Å². The summed E-state index contributed by atoms with van der Waals surface area (Å²) in [6, 6.07) is 4.93. The molecule has 0 spiro atoms. The third-order valence-electron chi connectivity index (χ3n) is 4.18. The fourth-order valence-electron chi connectivity index (χ4n) is 2.69. The predicted octanol–water partition coefficient (Wildman–Crippen LogP) is 0.378. The summed E-state index contributed by atoms with van der Waals surface area (Å²) in [5.74, 6) is 0.607. The number of nitro benzene ring substituents is 1. The molecule has 0 aromatic heterocycles. The number of nitrogens with zero attached hydrogens (tertiary/aromatic N) is 3. The zero-order valence-electron chi connectivity index (χ0n) is 16.9. The fourth-order valence-corrected chi connectivity index (χ4v) is 3.75. The standard InChI is InChI=1S/C17H28N6O5S.HI/c1-2-18-17(20-8-9-22-10-12-28-13-11-22)19-6-7-21-29(26,27)16-5-3-4-15(14-16)23(24)25;/h3-5,14,21H,2,6-13H2,1H3,(H2,18,19,20);1H. The highest BCUT2D eigenvalue weighted by Gasteiger charge is 2.17. The number of nitrogens with one attached hydrogen (secondary N) is 3. The molecule has 13 heteroatoms. The first kappa shape index (κ1) is 26.5. The number of halogens is 1. The Balaban J connectivity index is 0.00000450. The average Bonchev–Trinajstić information content (AvgIpc) is 2.72. The van der Waals surface area contributed by atoms with Gasteiger partial charge in [0, 0.05) is 51.4 Å². The average molecular weight is 556 g/mol. The molecule has 2 rings (SSSR count). The highest BCUT2D eigenvalue weighted by Crippen LogP contribution is 2.16. The molecule has 30 heavy (non-hydrogen) atoms. The molecular weight excluding hydrogens is 527 g/mol. The Bertz CT molecular complexity index is 802. The van der Waals surface area contributed by atoms with Gasteiger partial charge in [-0.25, -0.2) is 13.1 Å². The second-order valence-corrected chi connectivity index (χ2v) is 8.06. The van der Waals surface area contributed by atoms with Crippen LogP contribution < -0.4 is 15.4 Å². The summed E-state index contributed by atoms with van der Waals surface area (Å²) in [5, 5.41) is 17.1. The molecule has 11 nitrogen and oxygen atoms in total. The van der Waals surface area contributed by atoms with Gasteiger partial charge in [-0.2, -0.15) is 0 Å². The van der Waals surface area contributed by atoms with Crippen molar-refractivity contribution in [3.63, 3.8) is 0 Å². The van der Waals surface area contributed by atoms with Crippen molar-refractivity contribution >= 4 is 45.6 Å². The molecule has 0 aliphatic carbocycles. The van der Waals surface area contributed by atoms with E-state index in [1.54, 1.807) is 0 Å². The maximum Gasteiger partial charge on any atom is 0.270 e. The van der Waals surface area contributed by atoms with Crippen LogP contribution in [0.25, 0.3) is 0 Å². The minimum atomic E-state index is -3.84. The van der Waals surface area contributed by atoms with E-state index in [0.29, 0.717) is 19.0 Å². The van der Waals surface area contributed by atoms with Crippen molar-refractivity contribution in [1.29, 1.82) is 0 Å². The molecule has 1 aromatic rings. The monoisotopic (exact) mass is 556 g/mol. The lowest BCUT2D eigenvalue weighted by molar-refractivity contribution is -0.385. The van der Waals surface area contributed by atoms with Crippen LogP contribution in [0.2, 0.25) is 0 Å². The third kappa shape index (κ3) is 9.07. The Hall–Kier alpha value is -1.55. The normalized spacial score (nSPS) is 15.3. The van der Waals surface area contributed by atoms with E-state index in [2.05, 4.69) is 25.2 Å². The van der Waals surface area contributed by atoms with Gasteiger partial charge in [-0.05, 0) is 13.0 Å². The van der Waals surface area contributed by atoms with Crippen molar-refractivity contribution in [2.45, 2.75) is 11.8 Å². The van der Waals surface area contributed by atoms with E-state index in [-0.39, 0.29) is 47.6 Å². The van der Waals surface area contributed by atoms with E-state index < -0.39 is 14.9 Å². The van der Waals surface area contributed by atoms with Crippen molar-refractivity contribution in [1.82, 2.24) is 20.3 Å². The van der Waals surface area contributed by atoms with Crippen LogP contribution in [-0.4, -0.2) is 83.2 Å². The number of guanidine groups is 1. The molecule has 170 valence electrons. The minimum Gasteiger partial charge on any atom is -0.379 e. The van der Waals surface area contributed by atoms with Gasteiger partial charge in [-0.1, -0.05) is 6.07 Å². The first-order valence-electron chi connectivity index (χ1n) is 9.49. The number of benzene rings is 1. The van der Waals surface area contributed by atoms with Crippen LogP contribution in [0, 0.1) is 10.1 Å². The van der Waals surface area contributed by atoms with Crippen LogP contribution in [0.5, 0.6) is 0 Å². The van der Waals surface area contributed by atoms with Crippen molar-refractivity contribution in [2.24, 2.45) is 4.99 Å². The van der Waals surface area contributed by atoms with E-state index in [1.807, 2.05) is 6.92 Å². The highest BCUT2D eigenvalue weighted by atomic mass is 127. The maximum atomic E-state index is 12.3. The molecule has 0 saturated carbocycles.